The summed E-state index contributed by atoms with van der Waals surface area (Å²) in [5.41, 5.74) is 5.30. The lowest BCUT2D eigenvalue weighted by Gasteiger charge is -2.23. The normalized spacial score (nSPS) is 11.6. The van der Waals surface area contributed by atoms with E-state index in [1.54, 1.807) is 33.8 Å². The van der Waals surface area contributed by atoms with Crippen molar-refractivity contribution in [3.63, 3.8) is 0 Å². The van der Waals surface area contributed by atoms with Crippen molar-refractivity contribution in [2.45, 2.75) is 130 Å². The Kier molecular flexibility index (Phi) is 17.9. The van der Waals surface area contributed by atoms with Gasteiger partial charge in [-0.2, -0.15) is 5.26 Å². The monoisotopic (exact) mass is 752 g/mol. The van der Waals surface area contributed by atoms with Gasteiger partial charge in [-0.15, -0.1) is 0 Å². The molecule has 0 aliphatic carbocycles. The molecule has 290 valence electrons. The quantitative estimate of drug-likeness (QED) is 0.0601. The largest absolute Gasteiger partial charge is 0.372 e. The molecular weight excluding hydrogens is 693 g/mol. The van der Waals surface area contributed by atoms with E-state index < -0.39 is 15.9 Å². The number of aliphatic imine (C=N–C) groups is 1. The van der Waals surface area contributed by atoms with Gasteiger partial charge in [-0.05, 0) is 106 Å². The summed E-state index contributed by atoms with van der Waals surface area (Å²) >= 11 is 0. The van der Waals surface area contributed by atoms with Crippen LogP contribution in [0.5, 0.6) is 0 Å². The number of hydrogen-bond donors (Lipinski definition) is 2. The highest BCUT2D eigenvalue weighted by atomic mass is 32.2. The predicted octanol–water partition coefficient (Wildman–Crippen LogP) is 10.9. The van der Waals surface area contributed by atoms with Gasteiger partial charge in [0, 0.05) is 42.1 Å². The number of carbonyl (C=O) groups excluding carboxylic acids is 1. The maximum Gasteiger partial charge on any atom is 0.274 e. The Bertz CT molecular complexity index is 1890. The van der Waals surface area contributed by atoms with Gasteiger partial charge in [0.05, 0.1) is 23.2 Å². The zero-order chi connectivity index (χ0) is 39.7. The number of aryl methyl sites for hydroxylation is 1. The van der Waals surface area contributed by atoms with Crippen molar-refractivity contribution in [1.82, 2.24) is 4.72 Å². The van der Waals surface area contributed by atoms with Gasteiger partial charge in [-0.25, -0.2) is 23.0 Å². The Morgan fingerprint density at radius 2 is 1.41 bits per heavy atom. The number of nitrogens with one attached hydrogen (secondary N) is 2. The molecule has 0 heterocycles. The molecule has 0 bridgehead atoms. The van der Waals surface area contributed by atoms with Crippen LogP contribution >= 0.6 is 0 Å². The van der Waals surface area contributed by atoms with Crippen LogP contribution in [0.4, 0.5) is 22.7 Å². The molecule has 10 heteroatoms. The van der Waals surface area contributed by atoms with Crippen LogP contribution in [0.15, 0.2) is 52.4 Å². The lowest BCUT2D eigenvalue weighted by atomic mass is 9.89. The molecule has 3 aromatic carbocycles. The Morgan fingerprint density at radius 3 is 1.96 bits per heavy atom. The first kappa shape index (κ1) is 43.9. The number of hydrogen-bond acceptors (Lipinski definition) is 6. The molecule has 0 radical (unpaired) electrons. The van der Waals surface area contributed by atoms with Crippen LogP contribution in [0.25, 0.3) is 4.85 Å². The number of nitrogens with zero attached hydrogens (tertiary/aromatic N) is 4. The third kappa shape index (κ3) is 12.0. The zero-order valence-electron chi connectivity index (χ0n) is 33.6. The van der Waals surface area contributed by atoms with E-state index in [1.165, 1.54) is 57.1 Å². The summed E-state index contributed by atoms with van der Waals surface area (Å²) < 4.78 is 29.4. The van der Waals surface area contributed by atoms with E-state index in [0.717, 1.165) is 50.9 Å². The summed E-state index contributed by atoms with van der Waals surface area (Å²) in [4.78, 5) is 25.3. The van der Waals surface area contributed by atoms with E-state index in [2.05, 4.69) is 46.6 Å². The topological polar surface area (TPSA) is 119 Å². The highest BCUT2D eigenvalue weighted by Crippen LogP contribution is 2.35. The highest BCUT2D eigenvalue weighted by Gasteiger charge is 2.26. The number of anilines is 2. The summed E-state index contributed by atoms with van der Waals surface area (Å²) in [5, 5.41) is 13.0. The third-order valence-corrected chi connectivity index (χ3v) is 11.4. The second kappa shape index (κ2) is 22.0. The Hall–Kier alpha value is -4.51. The van der Waals surface area contributed by atoms with Crippen LogP contribution < -0.4 is 14.9 Å². The summed E-state index contributed by atoms with van der Waals surface area (Å²) in [6.45, 7) is 23.7. The maximum atomic E-state index is 14.4. The molecule has 0 atom stereocenters. The van der Waals surface area contributed by atoms with Crippen LogP contribution in [0.3, 0.4) is 0 Å². The minimum Gasteiger partial charge on any atom is -0.372 e. The summed E-state index contributed by atoms with van der Waals surface area (Å²) in [7, 11) is -3.83. The average Bonchev–Trinajstić information content (AvgIpc) is 3.14. The number of nitriles is 1. The molecule has 0 saturated carbocycles. The SMILES string of the molecule is [C-]#[N+]c1c(C)c(C#N)c(C)c(C(=Nc2ccc(N(CCC)CCC)cc2)C(=O)Nc2cc(S(=O)(=O)NCCCCCCCCCCCC)ccc2C)c1C. The highest BCUT2D eigenvalue weighted by molar-refractivity contribution is 7.89. The van der Waals surface area contributed by atoms with Crippen molar-refractivity contribution < 1.29 is 13.2 Å². The fraction of sp³-hybridized carbons (Fsp3) is 0.500. The number of amides is 1. The minimum absolute atomic E-state index is 0.0323. The fourth-order valence-electron chi connectivity index (χ4n) is 6.88. The molecule has 9 nitrogen and oxygen atoms in total. The molecule has 0 aromatic heterocycles. The van der Waals surface area contributed by atoms with E-state index in [-0.39, 0.29) is 10.6 Å². The van der Waals surface area contributed by atoms with Crippen molar-refractivity contribution >= 4 is 44.4 Å². The lowest BCUT2D eigenvalue weighted by molar-refractivity contribution is -0.110. The molecule has 3 aromatic rings. The summed E-state index contributed by atoms with van der Waals surface area (Å²) in [6, 6.07) is 14.6. The van der Waals surface area contributed by atoms with Gasteiger partial charge in [0.1, 0.15) is 5.71 Å². The average molecular weight is 753 g/mol. The second-order valence-electron chi connectivity index (χ2n) is 14.2. The van der Waals surface area contributed by atoms with Gasteiger partial charge < -0.3 is 10.2 Å². The van der Waals surface area contributed by atoms with Crippen molar-refractivity contribution in [3.05, 3.63) is 87.3 Å². The van der Waals surface area contributed by atoms with E-state index in [9.17, 15) is 18.5 Å². The van der Waals surface area contributed by atoms with E-state index >= 15 is 0 Å². The number of carbonyl (C=O) groups is 1. The zero-order valence-corrected chi connectivity index (χ0v) is 34.4. The van der Waals surface area contributed by atoms with Crippen molar-refractivity contribution in [3.8, 4) is 6.07 Å². The maximum absolute atomic E-state index is 14.4. The molecule has 54 heavy (non-hydrogen) atoms. The number of rotatable bonds is 22. The number of sulfonamides is 1. The Morgan fingerprint density at radius 1 is 0.815 bits per heavy atom. The van der Waals surface area contributed by atoms with Gasteiger partial charge in [-0.1, -0.05) is 84.6 Å². The van der Waals surface area contributed by atoms with E-state index in [1.807, 2.05) is 24.3 Å². The first-order valence-corrected chi connectivity index (χ1v) is 21.2. The van der Waals surface area contributed by atoms with Crippen LogP contribution in [0.2, 0.25) is 0 Å². The fourth-order valence-corrected chi connectivity index (χ4v) is 7.98. The molecule has 0 fully saturated rings. The first-order valence-electron chi connectivity index (χ1n) is 19.7. The van der Waals surface area contributed by atoms with Gasteiger partial charge in [0.2, 0.25) is 10.0 Å². The summed E-state index contributed by atoms with van der Waals surface area (Å²) in [5.74, 6) is -0.580. The molecule has 0 aliphatic rings. The number of unbranched alkanes of at least 4 members (excludes halogenated alkanes) is 9. The second-order valence-corrected chi connectivity index (χ2v) is 15.9. The minimum atomic E-state index is -3.83. The molecule has 1 amide bonds. The lowest BCUT2D eigenvalue weighted by Crippen LogP contribution is -2.27. The van der Waals surface area contributed by atoms with Gasteiger partial charge in [0.25, 0.3) is 5.91 Å². The molecular formula is C44H60N6O3S. The predicted molar refractivity (Wildman–Crippen MR) is 224 cm³/mol. The van der Waals surface area contributed by atoms with Crippen LogP contribution in [0.1, 0.15) is 131 Å². The van der Waals surface area contributed by atoms with Gasteiger partial charge in [-0.3, -0.25) is 4.79 Å². The van der Waals surface area contributed by atoms with Crippen molar-refractivity contribution in [1.29, 1.82) is 5.26 Å². The van der Waals surface area contributed by atoms with Crippen LogP contribution in [-0.4, -0.2) is 39.7 Å². The third-order valence-electron chi connectivity index (χ3n) is 9.92. The van der Waals surface area contributed by atoms with Crippen molar-refractivity contribution in [2.24, 2.45) is 4.99 Å². The van der Waals surface area contributed by atoms with E-state index in [4.69, 9.17) is 11.6 Å². The Balaban J connectivity index is 1.91. The molecule has 0 spiro atoms. The van der Waals surface area contributed by atoms with Crippen LogP contribution in [0, 0.1) is 45.6 Å². The van der Waals surface area contributed by atoms with Crippen LogP contribution in [-0.2, 0) is 14.8 Å². The van der Waals surface area contributed by atoms with Crippen molar-refractivity contribution in [2.75, 3.05) is 29.9 Å². The Labute approximate surface area is 325 Å². The smallest absolute Gasteiger partial charge is 0.274 e. The summed E-state index contributed by atoms with van der Waals surface area (Å²) in [6.07, 6.45) is 13.7. The number of benzene rings is 3. The van der Waals surface area contributed by atoms with Gasteiger partial charge >= 0.3 is 0 Å². The molecule has 0 saturated heterocycles. The molecule has 0 unspecified atom stereocenters. The molecule has 3 rings (SSSR count). The van der Waals surface area contributed by atoms with Gasteiger partial charge in [0.15, 0.2) is 5.69 Å². The van der Waals surface area contributed by atoms with E-state index in [0.29, 0.717) is 57.0 Å². The molecule has 0 aliphatic heterocycles. The molecule has 2 N–H and O–H groups in total. The first-order chi connectivity index (χ1) is 25.9. The standard InChI is InChI=1S/C44H60N6O3S/c1-9-12-13-14-15-16-17-18-19-20-27-47-54(52,53)38-26-21-32(4)40(30-38)49-44(51)43(41-33(5)39(31-45)34(6)42(46-8)35(41)7)48-36-22-24-37(25-23-36)50(28-10-2)29-11-3/h21-26,30,47H,9-20,27-29H2,1-7H3,(H,49,51).